The maximum atomic E-state index is 5.48. The first-order valence-corrected chi connectivity index (χ1v) is 7.98. The number of thiazole rings is 1. The molecule has 0 amide bonds. The second-order valence-electron chi connectivity index (χ2n) is 5.40. The van der Waals surface area contributed by atoms with Gasteiger partial charge in [0, 0.05) is 13.1 Å². The monoisotopic (exact) mass is 307 g/mol. The average Bonchev–Trinajstić information content (AvgIpc) is 3.23. The smallest absolute Gasteiger partial charge is 0.234 e. The van der Waals surface area contributed by atoms with E-state index in [1.165, 1.54) is 11.1 Å². The van der Waals surface area contributed by atoms with Gasteiger partial charge in [-0.05, 0) is 37.5 Å². The van der Waals surface area contributed by atoms with Crippen LogP contribution in [0, 0.1) is 0 Å². The molecule has 1 aliphatic carbocycles. The first-order valence-electron chi connectivity index (χ1n) is 7.17. The van der Waals surface area contributed by atoms with Gasteiger partial charge in [-0.2, -0.15) is 0 Å². The minimum Gasteiger partial charge on any atom is -0.480 e. The van der Waals surface area contributed by atoms with E-state index in [9.17, 15) is 0 Å². The lowest BCUT2D eigenvalue weighted by atomic mass is 10.1. The van der Waals surface area contributed by atoms with E-state index < -0.39 is 0 Å². The van der Waals surface area contributed by atoms with E-state index in [2.05, 4.69) is 28.5 Å². The molecule has 6 heteroatoms. The SMILES string of the molecule is CONC(=C1CC1)c1sc(C2=CCCN(C)C2)nc1OC. The molecule has 0 atom stereocenters. The molecule has 2 heterocycles. The Morgan fingerprint density at radius 2 is 2.19 bits per heavy atom. The molecule has 1 fully saturated rings. The van der Waals surface area contributed by atoms with Crippen molar-refractivity contribution < 1.29 is 9.57 Å². The van der Waals surface area contributed by atoms with Crippen LogP contribution in [-0.4, -0.2) is 44.2 Å². The van der Waals surface area contributed by atoms with E-state index in [1.54, 1.807) is 25.6 Å². The molecular formula is C15H21N3O2S. The van der Waals surface area contributed by atoms with Crippen LogP contribution in [0.5, 0.6) is 5.88 Å². The van der Waals surface area contributed by atoms with Gasteiger partial charge in [0.1, 0.15) is 9.88 Å². The molecular weight excluding hydrogens is 286 g/mol. The Kier molecular flexibility index (Phi) is 4.28. The normalized spacial score (nSPS) is 18.4. The van der Waals surface area contributed by atoms with Crippen molar-refractivity contribution in [2.45, 2.75) is 19.3 Å². The summed E-state index contributed by atoms with van der Waals surface area (Å²) >= 11 is 1.68. The zero-order valence-corrected chi connectivity index (χ0v) is 13.5. The van der Waals surface area contributed by atoms with Crippen LogP contribution in [-0.2, 0) is 4.84 Å². The minimum atomic E-state index is 0.683. The Morgan fingerprint density at radius 1 is 1.38 bits per heavy atom. The van der Waals surface area contributed by atoms with Gasteiger partial charge in [0.2, 0.25) is 5.88 Å². The maximum absolute atomic E-state index is 5.48. The van der Waals surface area contributed by atoms with E-state index in [0.29, 0.717) is 5.88 Å². The third kappa shape index (κ3) is 3.12. The number of aromatic nitrogens is 1. The number of hydroxylamine groups is 1. The summed E-state index contributed by atoms with van der Waals surface area (Å²) in [7, 11) is 5.45. The van der Waals surface area contributed by atoms with Crippen LogP contribution in [0.25, 0.3) is 11.3 Å². The fraction of sp³-hybridized carbons (Fsp3) is 0.533. The van der Waals surface area contributed by atoms with Crippen molar-refractivity contribution in [2.24, 2.45) is 0 Å². The Bertz CT molecular complexity index is 586. The third-order valence-corrected chi connectivity index (χ3v) is 4.82. The highest BCUT2D eigenvalue weighted by molar-refractivity contribution is 7.14. The van der Waals surface area contributed by atoms with E-state index in [-0.39, 0.29) is 0 Å². The van der Waals surface area contributed by atoms with E-state index in [0.717, 1.165) is 47.9 Å². The highest BCUT2D eigenvalue weighted by Gasteiger charge is 2.26. The molecule has 1 aromatic heterocycles. The van der Waals surface area contributed by atoms with Gasteiger partial charge in [-0.25, -0.2) is 4.98 Å². The summed E-state index contributed by atoms with van der Waals surface area (Å²) in [5.74, 6) is 0.683. The van der Waals surface area contributed by atoms with Gasteiger partial charge in [0.15, 0.2) is 0 Å². The zero-order valence-electron chi connectivity index (χ0n) is 12.7. The fourth-order valence-electron chi connectivity index (χ4n) is 2.48. The van der Waals surface area contributed by atoms with Gasteiger partial charge in [-0.3, -0.25) is 10.3 Å². The topological polar surface area (TPSA) is 46.6 Å². The molecule has 1 aliphatic heterocycles. The molecule has 0 unspecified atom stereocenters. The number of methoxy groups -OCH3 is 1. The second-order valence-corrected chi connectivity index (χ2v) is 6.40. The summed E-state index contributed by atoms with van der Waals surface area (Å²) < 4.78 is 5.48. The van der Waals surface area contributed by atoms with E-state index in [4.69, 9.17) is 9.57 Å². The number of hydrogen-bond acceptors (Lipinski definition) is 6. The van der Waals surface area contributed by atoms with Gasteiger partial charge in [0.05, 0.1) is 19.9 Å². The van der Waals surface area contributed by atoms with Gasteiger partial charge in [-0.15, -0.1) is 11.3 Å². The summed E-state index contributed by atoms with van der Waals surface area (Å²) in [6.45, 7) is 2.05. The van der Waals surface area contributed by atoms with Crippen molar-refractivity contribution in [1.82, 2.24) is 15.4 Å². The van der Waals surface area contributed by atoms with Crippen molar-refractivity contribution in [1.29, 1.82) is 0 Å². The molecule has 0 spiro atoms. The summed E-state index contributed by atoms with van der Waals surface area (Å²) in [6, 6.07) is 0. The number of ether oxygens (including phenoxy) is 1. The van der Waals surface area contributed by atoms with Crippen molar-refractivity contribution in [3.05, 3.63) is 21.5 Å². The predicted octanol–water partition coefficient (Wildman–Crippen LogP) is 2.53. The van der Waals surface area contributed by atoms with Crippen LogP contribution in [0.15, 0.2) is 11.6 Å². The molecule has 2 aliphatic rings. The maximum Gasteiger partial charge on any atom is 0.234 e. The minimum absolute atomic E-state index is 0.683. The number of nitrogens with one attached hydrogen (secondary N) is 1. The van der Waals surface area contributed by atoms with Crippen LogP contribution in [0.1, 0.15) is 29.1 Å². The Balaban J connectivity index is 1.95. The van der Waals surface area contributed by atoms with Gasteiger partial charge < -0.3 is 9.64 Å². The average molecular weight is 307 g/mol. The molecule has 0 saturated heterocycles. The number of nitrogens with zero attached hydrogens (tertiary/aromatic N) is 2. The van der Waals surface area contributed by atoms with Gasteiger partial charge >= 0.3 is 0 Å². The lowest BCUT2D eigenvalue weighted by Gasteiger charge is -2.21. The van der Waals surface area contributed by atoms with Crippen molar-refractivity contribution in [2.75, 3.05) is 34.4 Å². The molecule has 1 N–H and O–H groups in total. The third-order valence-electron chi connectivity index (χ3n) is 3.69. The molecule has 1 aromatic rings. The summed E-state index contributed by atoms with van der Waals surface area (Å²) in [5.41, 5.74) is 6.69. The van der Waals surface area contributed by atoms with Crippen LogP contribution in [0.2, 0.25) is 0 Å². The number of likely N-dealkylation sites (N-methyl/N-ethyl adjacent to an activating group) is 1. The Morgan fingerprint density at radius 3 is 2.81 bits per heavy atom. The molecule has 1 saturated carbocycles. The second kappa shape index (κ2) is 6.17. The largest absolute Gasteiger partial charge is 0.480 e. The highest BCUT2D eigenvalue weighted by atomic mass is 32.1. The fourth-order valence-corrected chi connectivity index (χ4v) is 3.59. The first-order chi connectivity index (χ1) is 10.2. The molecule has 0 bridgehead atoms. The van der Waals surface area contributed by atoms with Crippen molar-refractivity contribution >= 4 is 22.6 Å². The number of hydrogen-bond donors (Lipinski definition) is 1. The summed E-state index contributed by atoms with van der Waals surface area (Å²) in [4.78, 5) is 13.1. The lowest BCUT2D eigenvalue weighted by Crippen LogP contribution is -2.24. The molecule has 114 valence electrons. The Hall–Kier alpha value is -1.37. The van der Waals surface area contributed by atoms with Gasteiger partial charge in [0.25, 0.3) is 0 Å². The number of allylic oxidation sites excluding steroid dienone is 1. The van der Waals surface area contributed by atoms with Crippen LogP contribution in [0.4, 0.5) is 0 Å². The highest BCUT2D eigenvalue weighted by Crippen LogP contribution is 2.41. The summed E-state index contributed by atoms with van der Waals surface area (Å²) in [6.07, 6.45) is 5.60. The van der Waals surface area contributed by atoms with Crippen molar-refractivity contribution in [3.8, 4) is 5.88 Å². The van der Waals surface area contributed by atoms with E-state index >= 15 is 0 Å². The Labute approximate surface area is 129 Å². The molecule has 3 rings (SSSR count). The molecule has 0 aromatic carbocycles. The van der Waals surface area contributed by atoms with Crippen molar-refractivity contribution in [3.63, 3.8) is 0 Å². The summed E-state index contributed by atoms with van der Waals surface area (Å²) in [5, 5.41) is 1.05. The molecule has 21 heavy (non-hydrogen) atoms. The van der Waals surface area contributed by atoms with Crippen LogP contribution >= 0.6 is 11.3 Å². The lowest BCUT2D eigenvalue weighted by molar-refractivity contribution is 0.136. The van der Waals surface area contributed by atoms with Crippen LogP contribution < -0.4 is 10.2 Å². The molecule has 5 nitrogen and oxygen atoms in total. The zero-order chi connectivity index (χ0) is 14.8. The number of rotatable bonds is 5. The van der Waals surface area contributed by atoms with E-state index in [1.807, 2.05) is 0 Å². The first kappa shape index (κ1) is 14.6. The predicted molar refractivity (Wildman–Crippen MR) is 85.1 cm³/mol. The van der Waals surface area contributed by atoms with Crippen LogP contribution in [0.3, 0.4) is 0 Å². The standard InChI is InChI=1S/C15H21N3O2S/c1-18-8-4-5-11(9-18)15-16-14(19-2)13(21-15)12(17-20-3)10-6-7-10/h5,17H,4,6-9H2,1-3H3. The quantitative estimate of drug-likeness (QED) is 0.847. The van der Waals surface area contributed by atoms with Gasteiger partial charge in [-0.1, -0.05) is 6.08 Å². The molecule has 0 radical (unpaired) electrons.